The van der Waals surface area contributed by atoms with Crippen molar-refractivity contribution in [3.63, 3.8) is 0 Å². The molecule has 2 amide bonds. The molecule has 1 fully saturated rings. The SMILES string of the molecule is O=C(N[C@H]1CCCC[C@H]1NC(=O)c1csc(COc2ccccc2)n1)c1cccc(Br)c1. The molecule has 32 heavy (non-hydrogen) atoms. The molecule has 6 nitrogen and oxygen atoms in total. The Hall–Kier alpha value is -2.71. The molecule has 0 saturated heterocycles. The highest BCUT2D eigenvalue weighted by atomic mass is 79.9. The van der Waals surface area contributed by atoms with Gasteiger partial charge in [-0.3, -0.25) is 9.59 Å². The summed E-state index contributed by atoms with van der Waals surface area (Å²) in [6, 6.07) is 16.6. The Balaban J connectivity index is 1.35. The normalized spacial score (nSPS) is 18.0. The number of benzene rings is 2. The smallest absolute Gasteiger partial charge is 0.271 e. The van der Waals surface area contributed by atoms with Crippen molar-refractivity contribution in [2.75, 3.05) is 0 Å². The van der Waals surface area contributed by atoms with Crippen LogP contribution >= 0.6 is 27.3 Å². The van der Waals surface area contributed by atoms with Crippen molar-refractivity contribution in [2.24, 2.45) is 0 Å². The number of ether oxygens (including phenoxy) is 1. The standard InChI is InChI=1S/C24H24BrN3O3S/c25-17-8-6-7-16(13-17)23(29)27-19-11-4-5-12-20(19)28-24(30)21-15-32-22(26-21)14-31-18-9-2-1-3-10-18/h1-3,6-10,13,15,19-20H,4-5,11-12,14H2,(H,27,29)(H,28,30)/t19-,20+/m0/s1. The van der Waals surface area contributed by atoms with E-state index in [1.54, 1.807) is 17.5 Å². The third-order valence-corrected chi connectivity index (χ3v) is 6.69. The molecule has 1 aliphatic rings. The summed E-state index contributed by atoms with van der Waals surface area (Å²) < 4.78 is 6.57. The number of halogens is 1. The molecule has 1 heterocycles. The van der Waals surface area contributed by atoms with Crippen LogP contribution in [0.1, 0.15) is 51.5 Å². The summed E-state index contributed by atoms with van der Waals surface area (Å²) in [6.07, 6.45) is 3.69. The first-order chi connectivity index (χ1) is 15.6. The van der Waals surface area contributed by atoms with E-state index >= 15 is 0 Å². The molecule has 166 valence electrons. The van der Waals surface area contributed by atoms with Gasteiger partial charge in [0, 0.05) is 27.5 Å². The molecule has 0 spiro atoms. The van der Waals surface area contributed by atoms with Gasteiger partial charge in [0.05, 0.1) is 0 Å². The van der Waals surface area contributed by atoms with Crippen LogP contribution in [0.5, 0.6) is 5.75 Å². The number of thiazole rings is 1. The number of para-hydroxylation sites is 1. The van der Waals surface area contributed by atoms with Crippen LogP contribution in [0.3, 0.4) is 0 Å². The number of nitrogens with one attached hydrogen (secondary N) is 2. The molecular weight excluding hydrogens is 490 g/mol. The Labute approximate surface area is 199 Å². The monoisotopic (exact) mass is 513 g/mol. The number of nitrogens with zero attached hydrogens (tertiary/aromatic N) is 1. The Kier molecular flexibility index (Phi) is 7.55. The number of aromatic nitrogens is 1. The van der Waals surface area contributed by atoms with Crippen LogP contribution in [0.15, 0.2) is 64.5 Å². The van der Waals surface area contributed by atoms with E-state index in [2.05, 4.69) is 31.5 Å². The lowest BCUT2D eigenvalue weighted by molar-refractivity contribution is 0.0860. The van der Waals surface area contributed by atoms with E-state index in [-0.39, 0.29) is 23.9 Å². The number of hydrogen-bond donors (Lipinski definition) is 2. The molecule has 3 aromatic rings. The van der Waals surface area contributed by atoms with E-state index in [1.807, 2.05) is 42.5 Å². The van der Waals surface area contributed by atoms with Gasteiger partial charge in [-0.1, -0.05) is 53.0 Å². The van der Waals surface area contributed by atoms with Crippen LogP contribution in [0.4, 0.5) is 0 Å². The summed E-state index contributed by atoms with van der Waals surface area (Å²) in [5.41, 5.74) is 0.974. The van der Waals surface area contributed by atoms with Crippen molar-refractivity contribution in [3.8, 4) is 5.75 Å². The summed E-state index contributed by atoms with van der Waals surface area (Å²) in [5, 5.41) is 8.67. The van der Waals surface area contributed by atoms with Crippen LogP contribution in [0.2, 0.25) is 0 Å². The minimum absolute atomic E-state index is 0.112. The maximum absolute atomic E-state index is 12.8. The Morgan fingerprint density at radius 2 is 1.72 bits per heavy atom. The highest BCUT2D eigenvalue weighted by Gasteiger charge is 2.29. The van der Waals surface area contributed by atoms with E-state index in [0.717, 1.165) is 40.9 Å². The minimum Gasteiger partial charge on any atom is -0.486 e. The Bertz CT molecular complexity index is 1070. The third-order valence-electron chi connectivity index (χ3n) is 5.38. The van der Waals surface area contributed by atoms with Crippen molar-refractivity contribution >= 4 is 39.1 Å². The van der Waals surface area contributed by atoms with Gasteiger partial charge in [-0.15, -0.1) is 11.3 Å². The van der Waals surface area contributed by atoms with E-state index in [4.69, 9.17) is 4.74 Å². The van der Waals surface area contributed by atoms with Crippen molar-refractivity contribution in [1.29, 1.82) is 0 Å². The fraction of sp³-hybridized carbons (Fsp3) is 0.292. The molecule has 2 N–H and O–H groups in total. The van der Waals surface area contributed by atoms with Gasteiger partial charge in [0.2, 0.25) is 0 Å². The van der Waals surface area contributed by atoms with Gasteiger partial charge in [0.25, 0.3) is 11.8 Å². The Morgan fingerprint density at radius 1 is 1.00 bits per heavy atom. The second-order valence-electron chi connectivity index (χ2n) is 7.68. The molecule has 0 aliphatic heterocycles. The third kappa shape index (κ3) is 5.95. The number of carbonyl (C=O) groups is 2. The summed E-state index contributed by atoms with van der Waals surface area (Å²) in [5.74, 6) is 0.409. The molecule has 1 aromatic heterocycles. The van der Waals surface area contributed by atoms with Gasteiger partial charge in [0.15, 0.2) is 0 Å². The average molecular weight is 514 g/mol. The molecule has 1 saturated carbocycles. The largest absolute Gasteiger partial charge is 0.486 e. The van der Waals surface area contributed by atoms with Crippen molar-refractivity contribution in [2.45, 2.75) is 44.4 Å². The zero-order chi connectivity index (χ0) is 22.3. The number of carbonyl (C=O) groups excluding carboxylic acids is 2. The van der Waals surface area contributed by atoms with Crippen molar-refractivity contribution < 1.29 is 14.3 Å². The summed E-state index contributed by atoms with van der Waals surface area (Å²) in [6.45, 7) is 0.316. The molecule has 1 aliphatic carbocycles. The molecule has 8 heteroatoms. The molecular formula is C24H24BrN3O3S. The second-order valence-corrected chi connectivity index (χ2v) is 9.54. The lowest BCUT2D eigenvalue weighted by Gasteiger charge is -2.32. The number of hydrogen-bond acceptors (Lipinski definition) is 5. The fourth-order valence-corrected chi connectivity index (χ4v) is 4.83. The van der Waals surface area contributed by atoms with Gasteiger partial charge in [0.1, 0.15) is 23.1 Å². The van der Waals surface area contributed by atoms with Crippen LogP contribution in [0, 0.1) is 0 Å². The lowest BCUT2D eigenvalue weighted by Crippen LogP contribution is -2.53. The van der Waals surface area contributed by atoms with E-state index in [0.29, 0.717) is 17.9 Å². The predicted octanol–water partition coefficient (Wildman–Crippen LogP) is 4.96. The first-order valence-electron chi connectivity index (χ1n) is 10.6. The number of amides is 2. The van der Waals surface area contributed by atoms with Gasteiger partial charge in [-0.05, 0) is 43.2 Å². The van der Waals surface area contributed by atoms with Gasteiger partial charge in [-0.25, -0.2) is 4.98 Å². The zero-order valence-corrected chi connectivity index (χ0v) is 19.8. The first-order valence-corrected chi connectivity index (χ1v) is 12.3. The molecule has 4 rings (SSSR count). The van der Waals surface area contributed by atoms with Crippen LogP contribution in [0.25, 0.3) is 0 Å². The fourth-order valence-electron chi connectivity index (χ4n) is 3.74. The minimum atomic E-state index is -0.221. The van der Waals surface area contributed by atoms with Crippen molar-refractivity contribution in [1.82, 2.24) is 15.6 Å². The zero-order valence-electron chi connectivity index (χ0n) is 17.4. The van der Waals surface area contributed by atoms with Gasteiger partial charge >= 0.3 is 0 Å². The van der Waals surface area contributed by atoms with E-state index in [9.17, 15) is 9.59 Å². The average Bonchev–Trinajstić information content (AvgIpc) is 3.29. The van der Waals surface area contributed by atoms with Crippen LogP contribution < -0.4 is 15.4 Å². The van der Waals surface area contributed by atoms with Crippen LogP contribution in [-0.2, 0) is 6.61 Å². The lowest BCUT2D eigenvalue weighted by atomic mass is 9.90. The maximum atomic E-state index is 12.8. The van der Waals surface area contributed by atoms with Gasteiger partial charge in [-0.2, -0.15) is 0 Å². The molecule has 2 aromatic carbocycles. The van der Waals surface area contributed by atoms with E-state index in [1.165, 1.54) is 11.3 Å². The highest BCUT2D eigenvalue weighted by molar-refractivity contribution is 9.10. The van der Waals surface area contributed by atoms with E-state index < -0.39 is 0 Å². The molecule has 0 bridgehead atoms. The maximum Gasteiger partial charge on any atom is 0.271 e. The molecule has 2 atom stereocenters. The molecule has 0 radical (unpaired) electrons. The Morgan fingerprint density at radius 3 is 2.44 bits per heavy atom. The summed E-state index contributed by atoms with van der Waals surface area (Å²) in [4.78, 5) is 29.9. The number of rotatable bonds is 7. The molecule has 0 unspecified atom stereocenters. The quantitative estimate of drug-likeness (QED) is 0.468. The topological polar surface area (TPSA) is 80.3 Å². The summed E-state index contributed by atoms with van der Waals surface area (Å²) >= 11 is 4.80. The second kappa shape index (κ2) is 10.7. The first kappa shape index (κ1) is 22.5. The van der Waals surface area contributed by atoms with Crippen molar-refractivity contribution in [3.05, 3.63) is 80.7 Å². The predicted molar refractivity (Wildman–Crippen MR) is 128 cm³/mol. The van der Waals surface area contributed by atoms with Gasteiger partial charge < -0.3 is 15.4 Å². The van der Waals surface area contributed by atoms with Crippen LogP contribution in [-0.4, -0.2) is 28.9 Å². The summed E-state index contributed by atoms with van der Waals surface area (Å²) in [7, 11) is 0. The highest BCUT2D eigenvalue weighted by Crippen LogP contribution is 2.21.